The van der Waals surface area contributed by atoms with Crippen molar-refractivity contribution in [2.75, 3.05) is 26.7 Å². The molecule has 2 rings (SSSR count). The molecule has 0 radical (unpaired) electrons. The SMILES string of the molecule is CC(C)N(C)CC1CCN(C(=O)c2ccc(=O)[nH]c2)CC1. The van der Waals surface area contributed by atoms with Gasteiger partial charge in [0.05, 0.1) is 5.56 Å². The molecule has 0 atom stereocenters. The topological polar surface area (TPSA) is 56.4 Å². The third-order valence-corrected chi connectivity index (χ3v) is 4.36. The first-order valence-electron chi connectivity index (χ1n) is 7.65. The Morgan fingerprint density at radius 1 is 1.38 bits per heavy atom. The number of piperidine rings is 1. The number of aromatic amines is 1. The van der Waals surface area contributed by atoms with Crippen LogP contribution in [0.3, 0.4) is 0 Å². The fourth-order valence-electron chi connectivity index (χ4n) is 2.66. The highest BCUT2D eigenvalue weighted by Gasteiger charge is 2.24. The molecule has 116 valence electrons. The summed E-state index contributed by atoms with van der Waals surface area (Å²) in [5.41, 5.74) is 0.384. The number of nitrogens with one attached hydrogen (secondary N) is 1. The molecule has 0 spiro atoms. The third-order valence-electron chi connectivity index (χ3n) is 4.36. The molecule has 0 saturated carbocycles. The molecule has 1 aromatic rings. The molecule has 1 N–H and O–H groups in total. The summed E-state index contributed by atoms with van der Waals surface area (Å²) >= 11 is 0. The van der Waals surface area contributed by atoms with Crippen molar-refractivity contribution in [3.8, 4) is 0 Å². The summed E-state index contributed by atoms with van der Waals surface area (Å²) in [5.74, 6) is 0.680. The van der Waals surface area contributed by atoms with E-state index in [1.807, 2.05) is 4.90 Å². The van der Waals surface area contributed by atoms with E-state index in [1.165, 1.54) is 12.3 Å². The molecular weight excluding hydrogens is 266 g/mol. The van der Waals surface area contributed by atoms with Crippen LogP contribution in [0.4, 0.5) is 0 Å². The zero-order chi connectivity index (χ0) is 15.4. The van der Waals surface area contributed by atoms with Gasteiger partial charge in [0.2, 0.25) is 5.56 Å². The molecule has 5 nitrogen and oxygen atoms in total. The van der Waals surface area contributed by atoms with Gasteiger partial charge in [0.15, 0.2) is 0 Å². The summed E-state index contributed by atoms with van der Waals surface area (Å²) in [4.78, 5) is 30.2. The van der Waals surface area contributed by atoms with Gasteiger partial charge in [-0.05, 0) is 45.7 Å². The van der Waals surface area contributed by atoms with E-state index in [-0.39, 0.29) is 11.5 Å². The molecule has 1 amide bonds. The van der Waals surface area contributed by atoms with Gasteiger partial charge in [0.25, 0.3) is 5.91 Å². The van der Waals surface area contributed by atoms with Crippen molar-refractivity contribution < 1.29 is 4.79 Å². The van der Waals surface area contributed by atoms with Gasteiger partial charge in [-0.15, -0.1) is 0 Å². The lowest BCUT2D eigenvalue weighted by Crippen LogP contribution is -2.42. The number of hydrogen-bond acceptors (Lipinski definition) is 3. The van der Waals surface area contributed by atoms with E-state index < -0.39 is 0 Å². The maximum atomic E-state index is 12.3. The van der Waals surface area contributed by atoms with Crippen LogP contribution in [0.5, 0.6) is 0 Å². The van der Waals surface area contributed by atoms with E-state index in [0.29, 0.717) is 17.5 Å². The fraction of sp³-hybridized carbons (Fsp3) is 0.625. The van der Waals surface area contributed by atoms with E-state index in [0.717, 1.165) is 32.5 Å². The molecule has 1 aromatic heterocycles. The van der Waals surface area contributed by atoms with Gasteiger partial charge in [-0.1, -0.05) is 0 Å². The maximum Gasteiger partial charge on any atom is 0.255 e. The summed E-state index contributed by atoms with van der Waals surface area (Å²) in [7, 11) is 2.16. The van der Waals surface area contributed by atoms with Crippen LogP contribution >= 0.6 is 0 Å². The molecule has 1 aliphatic heterocycles. The smallest absolute Gasteiger partial charge is 0.255 e. The number of hydrogen-bond donors (Lipinski definition) is 1. The number of pyridine rings is 1. The second-order valence-corrected chi connectivity index (χ2v) is 6.21. The number of nitrogens with zero attached hydrogens (tertiary/aromatic N) is 2. The van der Waals surface area contributed by atoms with Gasteiger partial charge in [-0.2, -0.15) is 0 Å². The summed E-state index contributed by atoms with van der Waals surface area (Å²) in [6.45, 7) is 7.10. The molecule has 0 bridgehead atoms. The minimum atomic E-state index is -0.179. The minimum absolute atomic E-state index is 0.0157. The number of H-pyrrole nitrogens is 1. The van der Waals surface area contributed by atoms with E-state index in [1.54, 1.807) is 6.07 Å². The van der Waals surface area contributed by atoms with E-state index in [4.69, 9.17) is 0 Å². The molecule has 1 saturated heterocycles. The number of carbonyl (C=O) groups is 1. The van der Waals surface area contributed by atoms with Crippen molar-refractivity contribution in [1.82, 2.24) is 14.8 Å². The molecule has 1 fully saturated rings. The zero-order valence-electron chi connectivity index (χ0n) is 13.1. The number of carbonyl (C=O) groups excluding carboxylic acids is 1. The van der Waals surface area contributed by atoms with Crippen LogP contribution in [-0.4, -0.2) is 53.4 Å². The highest BCUT2D eigenvalue weighted by molar-refractivity contribution is 5.93. The molecule has 0 aliphatic carbocycles. The van der Waals surface area contributed by atoms with Gasteiger partial charge in [-0.25, -0.2) is 0 Å². The standard InChI is InChI=1S/C16H25N3O2/c1-12(2)18(3)11-13-6-8-19(9-7-13)16(21)14-4-5-15(20)17-10-14/h4-5,10,12-13H,6-9,11H2,1-3H3,(H,17,20). The van der Waals surface area contributed by atoms with Crippen LogP contribution < -0.4 is 5.56 Å². The summed E-state index contributed by atoms with van der Waals surface area (Å²) in [5, 5.41) is 0. The normalized spacial score (nSPS) is 16.7. The first-order chi connectivity index (χ1) is 9.97. The lowest BCUT2D eigenvalue weighted by Gasteiger charge is -2.35. The largest absolute Gasteiger partial charge is 0.339 e. The van der Waals surface area contributed by atoms with Crippen molar-refractivity contribution in [3.05, 3.63) is 34.2 Å². The van der Waals surface area contributed by atoms with Gasteiger partial charge >= 0.3 is 0 Å². The monoisotopic (exact) mass is 291 g/mol. The number of likely N-dealkylation sites (tertiary alicyclic amines) is 1. The van der Waals surface area contributed by atoms with Gasteiger partial charge in [0.1, 0.15) is 0 Å². The van der Waals surface area contributed by atoms with Crippen molar-refractivity contribution in [3.63, 3.8) is 0 Å². The first-order valence-corrected chi connectivity index (χ1v) is 7.65. The number of amides is 1. The second kappa shape index (κ2) is 6.89. The van der Waals surface area contributed by atoms with Crippen molar-refractivity contribution in [2.24, 2.45) is 5.92 Å². The Kier molecular flexibility index (Phi) is 5.17. The Bertz CT molecular complexity index is 510. The Balaban J connectivity index is 1.87. The van der Waals surface area contributed by atoms with Crippen molar-refractivity contribution >= 4 is 5.91 Å². The van der Waals surface area contributed by atoms with E-state index >= 15 is 0 Å². The molecule has 2 heterocycles. The zero-order valence-corrected chi connectivity index (χ0v) is 13.1. The predicted molar refractivity (Wildman–Crippen MR) is 83.5 cm³/mol. The lowest BCUT2D eigenvalue weighted by molar-refractivity contribution is 0.0666. The summed E-state index contributed by atoms with van der Waals surface area (Å²) in [6.07, 6.45) is 3.60. The van der Waals surface area contributed by atoms with Crippen LogP contribution in [0.2, 0.25) is 0 Å². The molecule has 1 aliphatic rings. The number of rotatable bonds is 4. The molecule has 21 heavy (non-hydrogen) atoms. The molecular formula is C16H25N3O2. The lowest BCUT2D eigenvalue weighted by atomic mass is 9.95. The van der Waals surface area contributed by atoms with Crippen molar-refractivity contribution in [1.29, 1.82) is 0 Å². The Morgan fingerprint density at radius 3 is 2.57 bits per heavy atom. The Labute approximate surface area is 126 Å². The quantitative estimate of drug-likeness (QED) is 0.916. The molecule has 0 unspecified atom stereocenters. The minimum Gasteiger partial charge on any atom is -0.339 e. The average molecular weight is 291 g/mol. The van der Waals surface area contributed by atoms with Crippen LogP contribution in [0.15, 0.2) is 23.1 Å². The highest BCUT2D eigenvalue weighted by atomic mass is 16.2. The van der Waals surface area contributed by atoms with Gasteiger partial charge < -0.3 is 14.8 Å². The highest BCUT2D eigenvalue weighted by Crippen LogP contribution is 2.20. The van der Waals surface area contributed by atoms with Crippen LogP contribution in [0, 0.1) is 5.92 Å². The Morgan fingerprint density at radius 2 is 2.05 bits per heavy atom. The van der Waals surface area contributed by atoms with E-state index in [9.17, 15) is 9.59 Å². The average Bonchev–Trinajstić information content (AvgIpc) is 2.48. The molecule has 5 heteroatoms. The molecule has 0 aromatic carbocycles. The van der Waals surface area contributed by atoms with Gasteiger partial charge in [0, 0.05) is 37.9 Å². The maximum absolute atomic E-state index is 12.3. The summed E-state index contributed by atoms with van der Waals surface area (Å²) < 4.78 is 0. The van der Waals surface area contributed by atoms with Gasteiger partial charge in [-0.3, -0.25) is 9.59 Å². The Hall–Kier alpha value is -1.62. The third kappa shape index (κ3) is 4.17. The van der Waals surface area contributed by atoms with Crippen molar-refractivity contribution in [2.45, 2.75) is 32.7 Å². The van der Waals surface area contributed by atoms with Crippen LogP contribution in [0.1, 0.15) is 37.0 Å². The number of aromatic nitrogens is 1. The van der Waals surface area contributed by atoms with Crippen LogP contribution in [-0.2, 0) is 0 Å². The summed E-state index contributed by atoms with van der Waals surface area (Å²) in [6, 6.07) is 3.56. The first kappa shape index (κ1) is 15.8. The van der Waals surface area contributed by atoms with E-state index in [2.05, 4.69) is 30.8 Å². The second-order valence-electron chi connectivity index (χ2n) is 6.21. The van der Waals surface area contributed by atoms with Crippen LogP contribution in [0.25, 0.3) is 0 Å². The fourth-order valence-corrected chi connectivity index (χ4v) is 2.66. The predicted octanol–water partition coefficient (Wildman–Crippen LogP) is 1.57.